The van der Waals surface area contributed by atoms with Crippen molar-refractivity contribution in [3.63, 3.8) is 0 Å². The molecule has 5 atom stereocenters. The van der Waals surface area contributed by atoms with E-state index < -0.39 is 97.5 Å². The van der Waals surface area contributed by atoms with E-state index in [1.165, 1.54) is 321 Å². The third kappa shape index (κ3) is 82.1. The molecule has 17 nitrogen and oxygen atoms in total. The van der Waals surface area contributed by atoms with Gasteiger partial charge in [-0.2, -0.15) is 0 Å². The van der Waals surface area contributed by atoms with Gasteiger partial charge in [-0.15, -0.1) is 0 Å². The van der Waals surface area contributed by atoms with E-state index in [1.807, 2.05) is 0 Å². The normalized spacial score (nSPS) is 13.7. The van der Waals surface area contributed by atoms with Crippen molar-refractivity contribution in [1.29, 1.82) is 0 Å². The first-order valence-electron chi connectivity index (χ1n) is 46.3. The lowest BCUT2D eigenvalue weighted by Gasteiger charge is -2.21. The van der Waals surface area contributed by atoms with Crippen LogP contribution in [-0.2, 0) is 65.4 Å². The second kappa shape index (κ2) is 83.0. The number of aliphatic hydroxyl groups is 1. The van der Waals surface area contributed by atoms with Crippen molar-refractivity contribution < 1.29 is 80.2 Å². The highest BCUT2D eigenvalue weighted by molar-refractivity contribution is 7.47. The lowest BCUT2D eigenvalue weighted by Crippen LogP contribution is -2.30. The average molecular weight is 1580 g/mol. The number of hydrogen-bond donors (Lipinski definition) is 3. The third-order valence-electron chi connectivity index (χ3n) is 21.1. The molecule has 0 amide bonds. The Morgan fingerprint density at radius 1 is 0.222 bits per heavy atom. The number of phosphoric ester groups is 2. The summed E-state index contributed by atoms with van der Waals surface area (Å²) < 4.78 is 69.0. The van der Waals surface area contributed by atoms with Gasteiger partial charge in [-0.3, -0.25) is 37.3 Å². The third-order valence-corrected chi connectivity index (χ3v) is 23.0. The highest BCUT2D eigenvalue weighted by Crippen LogP contribution is 2.45. The summed E-state index contributed by atoms with van der Waals surface area (Å²) in [6.45, 7) is 5.09. The van der Waals surface area contributed by atoms with Gasteiger partial charge < -0.3 is 33.8 Å². The minimum absolute atomic E-state index is 0.110. The summed E-state index contributed by atoms with van der Waals surface area (Å²) in [5.41, 5.74) is 0. The van der Waals surface area contributed by atoms with Gasteiger partial charge in [0.05, 0.1) is 26.4 Å². The molecular formula is C89H174O17P2. The van der Waals surface area contributed by atoms with E-state index in [0.29, 0.717) is 25.7 Å². The molecule has 19 heteroatoms. The summed E-state index contributed by atoms with van der Waals surface area (Å²) in [5.74, 6) is -2.09. The Hall–Kier alpha value is -1.94. The number of rotatable bonds is 90. The van der Waals surface area contributed by atoms with Crippen molar-refractivity contribution in [2.45, 2.75) is 508 Å². The number of carbonyl (C=O) groups excluding carboxylic acids is 4. The van der Waals surface area contributed by atoms with Crippen LogP contribution in [0.4, 0.5) is 0 Å². The zero-order valence-electron chi connectivity index (χ0n) is 70.8. The molecule has 0 aromatic rings. The second-order valence-corrected chi connectivity index (χ2v) is 34.9. The largest absolute Gasteiger partial charge is 0.472 e. The summed E-state index contributed by atoms with van der Waals surface area (Å²) >= 11 is 0. The summed E-state index contributed by atoms with van der Waals surface area (Å²) in [6, 6.07) is 0. The molecule has 3 N–H and O–H groups in total. The van der Waals surface area contributed by atoms with E-state index in [9.17, 15) is 43.2 Å². The fraction of sp³-hybridized carbons (Fsp3) is 0.955. The topological polar surface area (TPSA) is 237 Å². The van der Waals surface area contributed by atoms with Gasteiger partial charge in [0.15, 0.2) is 12.2 Å². The quantitative estimate of drug-likeness (QED) is 0.0222. The highest BCUT2D eigenvalue weighted by Gasteiger charge is 2.30. The van der Waals surface area contributed by atoms with E-state index >= 15 is 0 Å². The van der Waals surface area contributed by atoms with Crippen molar-refractivity contribution in [1.82, 2.24) is 0 Å². The van der Waals surface area contributed by atoms with E-state index in [2.05, 4.69) is 27.7 Å². The smallest absolute Gasteiger partial charge is 0.462 e. The van der Waals surface area contributed by atoms with Gasteiger partial charge in [0.2, 0.25) is 0 Å². The number of esters is 4. The number of aliphatic hydroxyl groups excluding tert-OH is 1. The molecule has 0 heterocycles. The molecule has 0 rings (SSSR count). The number of hydrogen-bond acceptors (Lipinski definition) is 15. The summed E-state index contributed by atoms with van der Waals surface area (Å²) in [6.07, 6.45) is 79.1. The number of ether oxygens (including phenoxy) is 4. The van der Waals surface area contributed by atoms with Crippen molar-refractivity contribution >= 4 is 39.5 Å². The molecule has 0 saturated carbocycles. The number of unbranched alkanes of at least 4 members (excludes halogenated alkanes) is 64. The van der Waals surface area contributed by atoms with Crippen LogP contribution in [-0.4, -0.2) is 96.7 Å². The second-order valence-electron chi connectivity index (χ2n) is 32.0. The van der Waals surface area contributed by atoms with Crippen LogP contribution in [0.3, 0.4) is 0 Å². The van der Waals surface area contributed by atoms with Gasteiger partial charge in [-0.1, -0.05) is 439 Å². The first-order chi connectivity index (χ1) is 52.7. The van der Waals surface area contributed by atoms with Gasteiger partial charge in [-0.05, 0) is 25.7 Å². The van der Waals surface area contributed by atoms with E-state index in [0.717, 1.165) is 89.9 Å². The molecule has 108 heavy (non-hydrogen) atoms. The average Bonchev–Trinajstić information content (AvgIpc) is 0.899. The van der Waals surface area contributed by atoms with Crippen LogP contribution >= 0.6 is 15.6 Å². The van der Waals surface area contributed by atoms with Gasteiger partial charge >= 0.3 is 39.5 Å². The van der Waals surface area contributed by atoms with E-state index in [4.69, 9.17) is 37.0 Å². The lowest BCUT2D eigenvalue weighted by atomic mass is 10.0. The Bertz CT molecular complexity index is 2030. The van der Waals surface area contributed by atoms with Gasteiger partial charge in [0, 0.05) is 25.7 Å². The maximum Gasteiger partial charge on any atom is 0.472 e. The Balaban J connectivity index is 5.26. The Labute approximate surface area is 664 Å². The van der Waals surface area contributed by atoms with Crippen LogP contribution in [0.5, 0.6) is 0 Å². The molecule has 2 unspecified atom stereocenters. The van der Waals surface area contributed by atoms with Crippen LogP contribution in [0.15, 0.2) is 0 Å². The zero-order valence-corrected chi connectivity index (χ0v) is 72.6. The van der Waals surface area contributed by atoms with E-state index in [-0.39, 0.29) is 25.7 Å². The predicted molar refractivity (Wildman–Crippen MR) is 446 cm³/mol. The van der Waals surface area contributed by atoms with Crippen molar-refractivity contribution in [3.8, 4) is 0 Å². The Morgan fingerprint density at radius 3 is 0.546 bits per heavy atom. The molecule has 0 aromatic heterocycles. The molecule has 0 fully saturated rings. The van der Waals surface area contributed by atoms with Crippen LogP contribution in [0.1, 0.15) is 490 Å². The summed E-state index contributed by atoms with van der Waals surface area (Å²) in [4.78, 5) is 73.4. The first kappa shape index (κ1) is 106. The molecule has 0 aliphatic carbocycles. The molecule has 0 radical (unpaired) electrons. The van der Waals surface area contributed by atoms with Crippen molar-refractivity contribution in [3.05, 3.63) is 0 Å². The van der Waals surface area contributed by atoms with Gasteiger partial charge in [0.25, 0.3) is 0 Å². The molecule has 0 aliphatic rings. The molecule has 0 aliphatic heterocycles. The maximum atomic E-state index is 13.2. The molecular weight excluding hydrogens is 1400 g/mol. The number of phosphoric acid groups is 2. The highest BCUT2D eigenvalue weighted by atomic mass is 31.2. The van der Waals surface area contributed by atoms with Crippen LogP contribution in [0, 0.1) is 0 Å². The molecule has 0 aromatic carbocycles. The molecule has 642 valence electrons. The molecule has 0 saturated heterocycles. The first-order valence-corrected chi connectivity index (χ1v) is 49.3. The van der Waals surface area contributed by atoms with Crippen LogP contribution < -0.4 is 0 Å². The predicted octanol–water partition coefficient (Wildman–Crippen LogP) is 27.7. The maximum absolute atomic E-state index is 13.2. The summed E-state index contributed by atoms with van der Waals surface area (Å²) in [5, 5.41) is 10.7. The monoisotopic (exact) mass is 1580 g/mol. The minimum Gasteiger partial charge on any atom is -0.462 e. The van der Waals surface area contributed by atoms with Crippen LogP contribution in [0.25, 0.3) is 0 Å². The van der Waals surface area contributed by atoms with Crippen molar-refractivity contribution in [2.75, 3.05) is 39.6 Å². The van der Waals surface area contributed by atoms with Crippen molar-refractivity contribution in [2.24, 2.45) is 0 Å². The number of carbonyl (C=O) groups is 4. The zero-order chi connectivity index (χ0) is 78.9. The lowest BCUT2D eigenvalue weighted by molar-refractivity contribution is -0.161. The molecule has 0 bridgehead atoms. The van der Waals surface area contributed by atoms with E-state index in [1.54, 1.807) is 0 Å². The Kier molecular flexibility index (Phi) is 81.5. The minimum atomic E-state index is -4.97. The standard InChI is InChI=1S/C89H174O17P2/c1-5-9-13-17-21-25-29-33-36-39-41-42-45-48-52-56-60-64-68-72-76-89(94)106-85(80-100-87(92)74-70-66-62-58-54-50-46-44-40-37-34-30-26-22-18-14-10-6-2)82-104-108(97,98)102-78-83(90)77-101-107(95,96)103-81-84(79-99-86(91)73-69-65-61-57-53-49-32-28-24-20-16-12-8-4)105-88(93)75-71-67-63-59-55-51-47-43-38-35-31-27-23-19-15-11-7-3/h83-85,90H,5-82H2,1-4H3,(H,95,96)(H,97,98)/t83-,84+,85+/m0/s1. The Morgan fingerprint density at radius 2 is 0.370 bits per heavy atom. The summed E-state index contributed by atoms with van der Waals surface area (Å²) in [7, 11) is -9.93. The van der Waals surface area contributed by atoms with Gasteiger partial charge in [-0.25, -0.2) is 9.13 Å². The van der Waals surface area contributed by atoms with Crippen LogP contribution in [0.2, 0.25) is 0 Å². The SMILES string of the molecule is CCCCCCCCCCCCCCCCCCCCCCC(=O)O[C@H](COC(=O)CCCCCCCCCCCCCCCCCCCC)COP(=O)(O)OC[C@@H](O)COP(=O)(O)OC[C@@H](COC(=O)CCCCCCCCCCCCCCC)OC(=O)CCCCCCCCCCCCCCCCCCC. The molecule has 0 spiro atoms. The van der Waals surface area contributed by atoms with Gasteiger partial charge in [0.1, 0.15) is 19.3 Å². The fourth-order valence-electron chi connectivity index (χ4n) is 14.1. The fourth-order valence-corrected chi connectivity index (χ4v) is 15.6.